The maximum atomic E-state index is 11.7. The van der Waals surface area contributed by atoms with Gasteiger partial charge in [-0.3, -0.25) is 4.79 Å². The maximum absolute atomic E-state index is 11.7. The van der Waals surface area contributed by atoms with Crippen molar-refractivity contribution in [3.63, 3.8) is 0 Å². The van der Waals surface area contributed by atoms with Gasteiger partial charge in [-0.2, -0.15) is 0 Å². The number of ketones is 1. The lowest BCUT2D eigenvalue weighted by Gasteiger charge is -2.07. The summed E-state index contributed by atoms with van der Waals surface area (Å²) in [6, 6.07) is 3.82. The van der Waals surface area contributed by atoms with Gasteiger partial charge in [0.05, 0.1) is 5.56 Å². The van der Waals surface area contributed by atoms with Gasteiger partial charge in [0.2, 0.25) is 0 Å². The van der Waals surface area contributed by atoms with Crippen LogP contribution in [0.1, 0.15) is 30.6 Å². The summed E-state index contributed by atoms with van der Waals surface area (Å²) in [5.74, 6) is 0.348. The minimum Gasteiger partial charge on any atom is -0.383 e. The molecule has 4 nitrogen and oxygen atoms in total. The van der Waals surface area contributed by atoms with Gasteiger partial charge in [-0.15, -0.1) is 0 Å². The molecule has 0 aliphatic rings. The molecule has 1 heterocycles. The zero-order chi connectivity index (χ0) is 11.3. The molecule has 0 unspecified atom stereocenters. The monoisotopic (exact) mass is 207 g/mol. The Morgan fingerprint density at radius 1 is 1.60 bits per heavy atom. The molecule has 82 valence electrons. The van der Waals surface area contributed by atoms with Crippen LogP contribution in [0.3, 0.4) is 0 Å². The maximum Gasteiger partial charge on any atom is 0.167 e. The van der Waals surface area contributed by atoms with Gasteiger partial charge >= 0.3 is 0 Å². The van der Waals surface area contributed by atoms with E-state index in [4.69, 9.17) is 5.73 Å². The van der Waals surface area contributed by atoms with Crippen molar-refractivity contribution in [2.24, 2.45) is 0 Å². The van der Waals surface area contributed by atoms with E-state index in [1.165, 1.54) is 0 Å². The molecule has 15 heavy (non-hydrogen) atoms. The van der Waals surface area contributed by atoms with Gasteiger partial charge in [-0.05, 0) is 12.1 Å². The summed E-state index contributed by atoms with van der Waals surface area (Å²) in [6.45, 7) is 4.76. The van der Waals surface area contributed by atoms with Crippen molar-refractivity contribution in [1.29, 1.82) is 0 Å². The third kappa shape index (κ3) is 3.67. The van der Waals surface area contributed by atoms with Crippen LogP contribution in [0.15, 0.2) is 18.3 Å². The number of carbonyl (C=O) groups is 1. The number of rotatable bonds is 5. The number of nitrogen functional groups attached to an aromatic ring is 1. The number of nitrogens with zero attached hydrogens (tertiary/aromatic N) is 1. The van der Waals surface area contributed by atoms with Crippen LogP contribution in [0, 0.1) is 0 Å². The zero-order valence-corrected chi connectivity index (χ0v) is 9.16. The Morgan fingerprint density at radius 3 is 2.93 bits per heavy atom. The summed E-state index contributed by atoms with van der Waals surface area (Å²) in [6.07, 6.45) is 2.03. The number of pyridine rings is 1. The standard InChI is InChI=1S/C11H17N3O/c1-8(2)13-7-5-10(15)9-4-3-6-14-11(9)12/h3-4,6,8,13H,5,7H2,1-2H3,(H2,12,14). The average Bonchev–Trinajstić information content (AvgIpc) is 2.17. The SMILES string of the molecule is CC(C)NCCC(=O)c1cccnc1N. The van der Waals surface area contributed by atoms with Gasteiger partial charge in [0.1, 0.15) is 5.82 Å². The molecule has 0 radical (unpaired) electrons. The van der Waals surface area contributed by atoms with Crippen molar-refractivity contribution in [1.82, 2.24) is 10.3 Å². The van der Waals surface area contributed by atoms with E-state index in [9.17, 15) is 4.79 Å². The van der Waals surface area contributed by atoms with Crippen LogP contribution in [0.25, 0.3) is 0 Å². The lowest BCUT2D eigenvalue weighted by atomic mass is 10.1. The Morgan fingerprint density at radius 2 is 2.33 bits per heavy atom. The Hall–Kier alpha value is -1.42. The highest BCUT2D eigenvalue weighted by atomic mass is 16.1. The molecule has 0 aliphatic heterocycles. The molecule has 0 amide bonds. The van der Waals surface area contributed by atoms with Gasteiger partial charge in [0.15, 0.2) is 5.78 Å². The van der Waals surface area contributed by atoms with Gasteiger partial charge in [-0.1, -0.05) is 13.8 Å². The van der Waals surface area contributed by atoms with Crippen molar-refractivity contribution in [2.45, 2.75) is 26.3 Å². The van der Waals surface area contributed by atoms with Gasteiger partial charge in [0.25, 0.3) is 0 Å². The largest absolute Gasteiger partial charge is 0.383 e. The second-order valence-corrected chi connectivity index (χ2v) is 3.72. The fraction of sp³-hybridized carbons (Fsp3) is 0.455. The predicted octanol–water partition coefficient (Wildman–Crippen LogP) is 1.23. The first-order valence-corrected chi connectivity index (χ1v) is 5.08. The van der Waals surface area contributed by atoms with Gasteiger partial charge in [0, 0.05) is 25.2 Å². The van der Waals surface area contributed by atoms with Crippen molar-refractivity contribution < 1.29 is 4.79 Å². The predicted molar refractivity (Wildman–Crippen MR) is 60.7 cm³/mol. The number of nitrogens with one attached hydrogen (secondary N) is 1. The first kappa shape index (κ1) is 11.7. The first-order chi connectivity index (χ1) is 7.11. The van der Waals surface area contributed by atoms with E-state index in [1.54, 1.807) is 18.3 Å². The van der Waals surface area contributed by atoms with Crippen LogP contribution in [0.5, 0.6) is 0 Å². The molecule has 0 spiro atoms. The van der Waals surface area contributed by atoms with E-state index < -0.39 is 0 Å². The second kappa shape index (κ2) is 5.46. The number of aromatic nitrogens is 1. The molecule has 0 aliphatic carbocycles. The zero-order valence-electron chi connectivity index (χ0n) is 9.16. The molecule has 0 atom stereocenters. The second-order valence-electron chi connectivity index (χ2n) is 3.72. The molecule has 3 N–H and O–H groups in total. The van der Waals surface area contributed by atoms with Crippen LogP contribution in [0.4, 0.5) is 5.82 Å². The third-order valence-electron chi connectivity index (χ3n) is 2.04. The minimum absolute atomic E-state index is 0.0359. The third-order valence-corrected chi connectivity index (χ3v) is 2.04. The molecule has 1 rings (SSSR count). The summed E-state index contributed by atoms with van der Waals surface area (Å²) in [5.41, 5.74) is 6.12. The molecular weight excluding hydrogens is 190 g/mol. The van der Waals surface area contributed by atoms with Crippen molar-refractivity contribution in [2.75, 3.05) is 12.3 Å². The van der Waals surface area contributed by atoms with Crippen LogP contribution in [-0.4, -0.2) is 23.4 Å². The summed E-state index contributed by atoms with van der Waals surface area (Å²) < 4.78 is 0. The Kier molecular flexibility index (Phi) is 4.24. The Bertz CT molecular complexity index is 336. The van der Waals surface area contributed by atoms with Crippen molar-refractivity contribution in [3.05, 3.63) is 23.9 Å². The van der Waals surface area contributed by atoms with E-state index in [-0.39, 0.29) is 5.78 Å². The van der Waals surface area contributed by atoms with Crippen LogP contribution in [0.2, 0.25) is 0 Å². The lowest BCUT2D eigenvalue weighted by molar-refractivity contribution is 0.0982. The molecule has 0 saturated carbocycles. The van der Waals surface area contributed by atoms with Crippen LogP contribution in [-0.2, 0) is 0 Å². The number of hydrogen-bond donors (Lipinski definition) is 2. The van der Waals surface area contributed by atoms with Crippen LogP contribution < -0.4 is 11.1 Å². The molecule has 0 saturated heterocycles. The summed E-state index contributed by atoms with van der Waals surface area (Å²) in [4.78, 5) is 15.6. The van der Waals surface area contributed by atoms with E-state index in [2.05, 4.69) is 10.3 Å². The Balaban J connectivity index is 2.51. The first-order valence-electron chi connectivity index (χ1n) is 5.08. The lowest BCUT2D eigenvalue weighted by Crippen LogP contribution is -2.25. The van der Waals surface area contributed by atoms with E-state index in [0.29, 0.717) is 30.4 Å². The number of hydrogen-bond acceptors (Lipinski definition) is 4. The van der Waals surface area contributed by atoms with Gasteiger partial charge in [-0.25, -0.2) is 4.98 Å². The highest BCUT2D eigenvalue weighted by Crippen LogP contribution is 2.09. The van der Waals surface area contributed by atoms with Gasteiger partial charge < -0.3 is 11.1 Å². The fourth-order valence-corrected chi connectivity index (χ4v) is 1.26. The van der Waals surface area contributed by atoms with Crippen molar-refractivity contribution in [3.8, 4) is 0 Å². The highest BCUT2D eigenvalue weighted by molar-refractivity contribution is 5.99. The Labute approximate surface area is 89.9 Å². The fourth-order valence-electron chi connectivity index (χ4n) is 1.26. The number of Topliss-reactive ketones (excluding diaryl/α,β-unsaturated/α-hetero) is 1. The molecule has 0 fully saturated rings. The molecule has 1 aromatic rings. The quantitative estimate of drug-likeness (QED) is 0.713. The van der Waals surface area contributed by atoms with Crippen molar-refractivity contribution >= 4 is 11.6 Å². The van der Waals surface area contributed by atoms with E-state index in [0.717, 1.165) is 0 Å². The molecular formula is C11H17N3O. The highest BCUT2D eigenvalue weighted by Gasteiger charge is 2.09. The summed E-state index contributed by atoms with van der Waals surface area (Å²) >= 11 is 0. The van der Waals surface area contributed by atoms with E-state index in [1.807, 2.05) is 13.8 Å². The molecule has 0 aromatic carbocycles. The number of anilines is 1. The molecule has 0 bridgehead atoms. The summed E-state index contributed by atoms with van der Waals surface area (Å²) in [7, 11) is 0. The topological polar surface area (TPSA) is 68.0 Å². The summed E-state index contributed by atoms with van der Waals surface area (Å²) in [5, 5.41) is 3.18. The normalized spacial score (nSPS) is 10.6. The average molecular weight is 207 g/mol. The number of nitrogens with two attached hydrogens (primary N) is 1. The molecule has 4 heteroatoms. The smallest absolute Gasteiger partial charge is 0.167 e. The van der Waals surface area contributed by atoms with E-state index >= 15 is 0 Å². The van der Waals surface area contributed by atoms with Crippen LogP contribution >= 0.6 is 0 Å². The minimum atomic E-state index is 0.0359. The number of carbonyl (C=O) groups excluding carboxylic acids is 1. The molecule has 1 aromatic heterocycles.